The van der Waals surface area contributed by atoms with E-state index in [9.17, 15) is 51.8 Å². The van der Waals surface area contributed by atoms with Crippen LogP contribution in [0.4, 0.5) is 13.2 Å². The molecule has 3 aromatic rings. The summed E-state index contributed by atoms with van der Waals surface area (Å²) in [5, 5.41) is 22.9. The van der Waals surface area contributed by atoms with Crippen molar-refractivity contribution in [3.63, 3.8) is 0 Å². The zero-order chi connectivity index (χ0) is 52.2. The molecule has 6 N–H and O–H groups in total. The predicted octanol–water partition coefficient (Wildman–Crippen LogP) is 2.32. The van der Waals surface area contributed by atoms with Crippen molar-refractivity contribution in [3.05, 3.63) is 62.9 Å². The third-order valence-corrected chi connectivity index (χ3v) is 12.1. The second-order valence-electron chi connectivity index (χ2n) is 17.1. The zero-order valence-corrected chi connectivity index (χ0v) is 39.8. The normalized spacial score (nSPS) is 17.8. The number of carboxylic acids is 2. The van der Waals surface area contributed by atoms with Crippen molar-refractivity contribution >= 4 is 52.5 Å². The van der Waals surface area contributed by atoms with Crippen LogP contribution in [0, 0.1) is 5.92 Å². The molecule has 21 nitrogen and oxygen atoms in total. The lowest BCUT2D eigenvalue weighted by molar-refractivity contribution is -0.192. The average molecular weight is 1010 g/mol. The number of ether oxygens (including phenoxy) is 5. The maximum absolute atomic E-state index is 14.3. The van der Waals surface area contributed by atoms with Gasteiger partial charge in [0.1, 0.15) is 24.7 Å². The second kappa shape index (κ2) is 24.6. The van der Waals surface area contributed by atoms with E-state index in [-0.39, 0.29) is 69.9 Å². The molecular weight excluding hydrogens is 946 g/mol. The number of nitrogens with two attached hydrogens (primary N) is 1. The van der Waals surface area contributed by atoms with E-state index in [1.165, 1.54) is 4.90 Å². The van der Waals surface area contributed by atoms with Gasteiger partial charge in [-0.25, -0.2) is 19.4 Å². The van der Waals surface area contributed by atoms with Gasteiger partial charge >= 0.3 is 30.1 Å². The van der Waals surface area contributed by atoms with Crippen molar-refractivity contribution < 1.29 is 80.6 Å². The minimum Gasteiger partial charge on any atom is -0.481 e. The van der Waals surface area contributed by atoms with E-state index in [0.29, 0.717) is 50.6 Å². The number of nitrogens with one attached hydrogen (secondary N) is 2. The molecule has 2 aromatic heterocycles. The number of halogens is 3. The van der Waals surface area contributed by atoms with Crippen LogP contribution in [-0.2, 0) is 82.4 Å². The number of aromatic nitrogens is 2. The number of esters is 2. The van der Waals surface area contributed by atoms with Gasteiger partial charge in [0.25, 0.3) is 5.56 Å². The van der Waals surface area contributed by atoms with Gasteiger partial charge in [-0.3, -0.25) is 24.0 Å². The summed E-state index contributed by atoms with van der Waals surface area (Å²) in [6, 6.07) is 5.49. The maximum Gasteiger partial charge on any atom is 0.490 e. The summed E-state index contributed by atoms with van der Waals surface area (Å²) >= 11 is 0. The Balaban J connectivity index is 0.00000124. The lowest BCUT2D eigenvalue weighted by atomic mass is 9.85. The van der Waals surface area contributed by atoms with Crippen LogP contribution < -0.4 is 21.9 Å². The number of likely N-dealkylation sites (tertiary alicyclic amines) is 1. The Morgan fingerprint density at radius 2 is 1.61 bits per heavy atom. The first kappa shape index (κ1) is 55.4. The number of fused-ring (bicyclic) bond motifs is 5. The Hall–Kier alpha value is -6.50. The second-order valence-corrected chi connectivity index (χ2v) is 17.1. The van der Waals surface area contributed by atoms with Crippen LogP contribution in [-0.4, -0.2) is 143 Å². The summed E-state index contributed by atoms with van der Waals surface area (Å²) in [4.78, 5) is 110. The highest BCUT2D eigenvalue weighted by atomic mass is 19.4. The molecule has 5 heterocycles. The number of hydrogen-bond acceptors (Lipinski definition) is 15. The van der Waals surface area contributed by atoms with Crippen LogP contribution >= 0.6 is 0 Å². The Morgan fingerprint density at radius 1 is 0.958 bits per heavy atom. The Bertz CT molecular complexity index is 2540. The first-order valence-corrected chi connectivity index (χ1v) is 23.1. The highest BCUT2D eigenvalue weighted by Crippen LogP contribution is 2.42. The van der Waals surface area contributed by atoms with Crippen LogP contribution in [0.15, 0.2) is 35.1 Å². The Labute approximate surface area is 405 Å². The zero-order valence-electron chi connectivity index (χ0n) is 39.8. The molecule has 0 unspecified atom stereocenters. The van der Waals surface area contributed by atoms with Gasteiger partial charge in [0, 0.05) is 36.0 Å². The molecule has 71 heavy (non-hydrogen) atoms. The van der Waals surface area contributed by atoms with Crippen LogP contribution in [0.5, 0.6) is 0 Å². The van der Waals surface area contributed by atoms with Gasteiger partial charge in [-0.15, -0.1) is 0 Å². The van der Waals surface area contributed by atoms with Gasteiger partial charge in [0.05, 0.1) is 75.1 Å². The molecule has 4 atom stereocenters. The van der Waals surface area contributed by atoms with Crippen molar-refractivity contribution in [3.8, 4) is 11.4 Å². The first-order valence-electron chi connectivity index (χ1n) is 23.1. The molecule has 1 saturated heterocycles. The SMILES string of the molecule is CCc1c2c(nc3ccccc13)-c1cc3c(c(=O)n1C2)COC(=O)[C@@]3(CC)OC(=O)[C@@H](NC(=O)[C@@H]1CCCN1C(=O)[C@H](CC(=O)O)NC(=O)CCOCCOCCOCCN)C(C)C.O=C(O)C(F)(F)F. The smallest absolute Gasteiger partial charge is 0.481 e. The lowest BCUT2D eigenvalue weighted by Gasteiger charge is -2.37. The molecule has 0 aliphatic carbocycles. The number of pyridine rings is 2. The largest absolute Gasteiger partial charge is 0.490 e. The number of carbonyl (C=O) groups is 7. The number of hydrogen-bond donors (Lipinski definition) is 5. The number of amides is 3. The van der Waals surface area contributed by atoms with Crippen LogP contribution in [0.2, 0.25) is 0 Å². The standard InChI is InChI=1S/C45H58N6O13.C2HF3O2/c1-5-27-28-10-7-8-11-32(28)48-39-29(27)24-51-35(39)22-31-30(41(51)56)25-63-44(59)45(31,6-2)64-43(58)38(26(3)4)49-40(55)34-12-9-15-50(34)42(57)33(23-37(53)54)47-36(52)13-16-60-18-20-62-21-19-61-17-14-46;3-2(4,5)1(6)7/h7-8,10-11,22,26,33-34,38H,5-6,9,12-21,23-25,46H2,1-4H3,(H,47,52)(H,49,55)(H,53,54);(H,6,7)/t33-,34-,38-,45-;/m0./s1. The average Bonchev–Trinajstić information content (AvgIpc) is 3.96. The molecule has 0 bridgehead atoms. The molecule has 6 rings (SSSR count). The number of benzene rings is 1. The molecule has 24 heteroatoms. The molecule has 3 aliphatic rings. The van der Waals surface area contributed by atoms with Crippen LogP contribution in [0.25, 0.3) is 22.3 Å². The van der Waals surface area contributed by atoms with Crippen molar-refractivity contribution in [2.45, 2.75) is 109 Å². The van der Waals surface area contributed by atoms with E-state index < -0.39 is 89.4 Å². The molecule has 0 radical (unpaired) electrons. The highest BCUT2D eigenvalue weighted by molar-refractivity contribution is 5.96. The quantitative estimate of drug-likeness (QED) is 0.0558. The number of cyclic esters (lactones) is 1. The predicted molar refractivity (Wildman–Crippen MR) is 243 cm³/mol. The molecule has 0 saturated carbocycles. The number of aliphatic carboxylic acids is 2. The third-order valence-electron chi connectivity index (χ3n) is 12.1. The third kappa shape index (κ3) is 13.1. The van der Waals surface area contributed by atoms with Gasteiger partial charge in [0.15, 0.2) is 0 Å². The summed E-state index contributed by atoms with van der Waals surface area (Å²) < 4.78 is 61.0. The topological polar surface area (TPSA) is 294 Å². The fraction of sp³-hybridized carbons (Fsp3) is 0.553. The molecule has 3 aliphatic heterocycles. The summed E-state index contributed by atoms with van der Waals surface area (Å²) in [6.45, 7) is 9.06. The molecule has 0 spiro atoms. The minimum absolute atomic E-state index is 0.0154. The highest BCUT2D eigenvalue weighted by Gasteiger charge is 2.52. The summed E-state index contributed by atoms with van der Waals surface area (Å²) in [5.41, 5.74) is 7.07. The summed E-state index contributed by atoms with van der Waals surface area (Å²) in [5.74, 6) is -8.63. The number of aryl methyl sites for hydroxylation is 1. The van der Waals surface area contributed by atoms with Crippen LogP contribution in [0.3, 0.4) is 0 Å². The van der Waals surface area contributed by atoms with Gasteiger partial charge in [-0.1, -0.05) is 45.9 Å². The van der Waals surface area contributed by atoms with Gasteiger partial charge in [-0.05, 0) is 49.3 Å². The van der Waals surface area contributed by atoms with E-state index >= 15 is 0 Å². The molecule has 1 fully saturated rings. The monoisotopic (exact) mass is 1000 g/mol. The number of rotatable bonds is 22. The first-order chi connectivity index (χ1) is 33.7. The van der Waals surface area contributed by atoms with Crippen molar-refractivity contribution in [2.24, 2.45) is 11.7 Å². The van der Waals surface area contributed by atoms with E-state index in [1.54, 1.807) is 31.4 Å². The fourth-order valence-corrected chi connectivity index (χ4v) is 8.59. The van der Waals surface area contributed by atoms with Crippen LogP contribution in [0.1, 0.15) is 82.1 Å². The fourth-order valence-electron chi connectivity index (χ4n) is 8.59. The Kier molecular flexibility index (Phi) is 19.2. The molecule has 388 valence electrons. The van der Waals surface area contributed by atoms with Crippen molar-refractivity contribution in [2.75, 3.05) is 52.7 Å². The number of carboxylic acid groups (broad SMARTS) is 2. The number of alkyl halides is 3. The van der Waals surface area contributed by atoms with Crippen molar-refractivity contribution in [1.29, 1.82) is 0 Å². The maximum atomic E-state index is 14.3. The minimum atomic E-state index is -5.08. The van der Waals surface area contributed by atoms with E-state index in [0.717, 1.165) is 22.0 Å². The van der Waals surface area contributed by atoms with Gasteiger partial charge in [-0.2, -0.15) is 13.2 Å². The van der Waals surface area contributed by atoms with E-state index in [4.69, 9.17) is 44.3 Å². The lowest BCUT2D eigenvalue weighted by Crippen LogP contribution is -2.57. The molecule has 1 aromatic carbocycles. The summed E-state index contributed by atoms with van der Waals surface area (Å²) in [6.07, 6.45) is -4.81. The number of para-hydroxylation sites is 1. The van der Waals surface area contributed by atoms with E-state index in [1.807, 2.05) is 31.2 Å². The van der Waals surface area contributed by atoms with Gasteiger partial charge < -0.3 is 59.7 Å². The molecule has 3 amide bonds. The number of carbonyl (C=O) groups excluding carboxylic acids is 5. The van der Waals surface area contributed by atoms with Crippen molar-refractivity contribution in [1.82, 2.24) is 25.1 Å². The molecular formula is C47H59F3N6O15. The van der Waals surface area contributed by atoms with E-state index in [2.05, 4.69) is 10.6 Å². The van der Waals surface area contributed by atoms with Gasteiger partial charge in [0.2, 0.25) is 23.3 Å². The Morgan fingerprint density at radius 3 is 2.21 bits per heavy atom. The summed E-state index contributed by atoms with van der Waals surface area (Å²) in [7, 11) is 0. The number of nitrogens with zero attached hydrogens (tertiary/aromatic N) is 3.